The summed E-state index contributed by atoms with van der Waals surface area (Å²) in [4.78, 5) is 10.8. The lowest BCUT2D eigenvalue weighted by molar-refractivity contribution is -0.131. The zero-order chi connectivity index (χ0) is 11.5. The van der Waals surface area contributed by atoms with Crippen molar-refractivity contribution >= 4 is 18.4 Å². The summed E-state index contributed by atoms with van der Waals surface area (Å²) < 4.78 is 5.04. The summed E-state index contributed by atoms with van der Waals surface area (Å²) >= 11 is 0. The summed E-state index contributed by atoms with van der Waals surface area (Å²) in [5.74, 6) is 0.877. The van der Waals surface area contributed by atoms with E-state index in [1.165, 1.54) is 26.2 Å². The standard InChI is InChI=1S/C13H17NO2.ClH/c1-9(15)16-12-7-3-6-11(8-12)13(14)10-4-2-5-10;/h3,6-8,10,13H,2,4-5,14H2,1H3;1H/t13-;/m0./s1. The fourth-order valence-corrected chi connectivity index (χ4v) is 2.02. The van der Waals surface area contributed by atoms with Crippen LogP contribution in [0.1, 0.15) is 37.8 Å². The van der Waals surface area contributed by atoms with Crippen LogP contribution >= 0.6 is 12.4 Å². The van der Waals surface area contributed by atoms with Crippen LogP contribution in [0, 0.1) is 5.92 Å². The predicted molar refractivity (Wildman–Crippen MR) is 69.3 cm³/mol. The molecule has 1 atom stereocenters. The first-order valence-corrected chi connectivity index (χ1v) is 5.71. The highest BCUT2D eigenvalue weighted by atomic mass is 35.5. The van der Waals surface area contributed by atoms with E-state index < -0.39 is 0 Å². The number of benzene rings is 1. The Hall–Kier alpha value is -1.06. The van der Waals surface area contributed by atoms with Crippen LogP contribution in [-0.2, 0) is 4.79 Å². The molecular formula is C13H18ClNO2. The molecule has 0 unspecified atom stereocenters. The molecule has 0 spiro atoms. The number of rotatable bonds is 3. The number of carbonyl (C=O) groups is 1. The SMILES string of the molecule is CC(=O)Oc1cccc([C@@H](N)C2CCC2)c1.Cl. The second-order valence-corrected chi connectivity index (χ2v) is 4.38. The van der Waals surface area contributed by atoms with E-state index in [4.69, 9.17) is 10.5 Å². The molecule has 1 aliphatic rings. The van der Waals surface area contributed by atoms with Crippen molar-refractivity contribution in [3.8, 4) is 5.75 Å². The van der Waals surface area contributed by atoms with Crippen LogP contribution in [0.15, 0.2) is 24.3 Å². The van der Waals surface area contributed by atoms with Crippen LogP contribution in [0.5, 0.6) is 5.75 Å². The van der Waals surface area contributed by atoms with Crippen LogP contribution in [0.4, 0.5) is 0 Å². The van der Waals surface area contributed by atoms with Gasteiger partial charge in [-0.2, -0.15) is 0 Å². The molecule has 0 heterocycles. The molecule has 1 aromatic rings. The van der Waals surface area contributed by atoms with Gasteiger partial charge in [0.05, 0.1) is 0 Å². The third-order valence-electron chi connectivity index (χ3n) is 3.16. The smallest absolute Gasteiger partial charge is 0.308 e. The van der Waals surface area contributed by atoms with Gasteiger partial charge in [0.1, 0.15) is 5.75 Å². The molecule has 2 N–H and O–H groups in total. The van der Waals surface area contributed by atoms with Gasteiger partial charge in [0.2, 0.25) is 0 Å². The van der Waals surface area contributed by atoms with Gasteiger partial charge >= 0.3 is 5.97 Å². The molecule has 2 rings (SSSR count). The molecule has 3 nitrogen and oxygen atoms in total. The van der Waals surface area contributed by atoms with Crippen LogP contribution in [0.25, 0.3) is 0 Å². The summed E-state index contributed by atoms with van der Waals surface area (Å²) in [7, 11) is 0. The molecule has 1 fully saturated rings. The van der Waals surface area contributed by atoms with Crippen molar-refractivity contribution in [2.75, 3.05) is 0 Å². The van der Waals surface area contributed by atoms with Crippen LogP contribution in [0.2, 0.25) is 0 Å². The maximum atomic E-state index is 10.8. The average Bonchev–Trinajstić information content (AvgIpc) is 2.14. The minimum absolute atomic E-state index is 0. The molecule has 1 aliphatic carbocycles. The van der Waals surface area contributed by atoms with E-state index in [0.29, 0.717) is 11.7 Å². The van der Waals surface area contributed by atoms with E-state index in [1.54, 1.807) is 6.07 Å². The van der Waals surface area contributed by atoms with Crippen LogP contribution < -0.4 is 10.5 Å². The average molecular weight is 256 g/mol. The van der Waals surface area contributed by atoms with Crippen LogP contribution in [-0.4, -0.2) is 5.97 Å². The lowest BCUT2D eigenvalue weighted by atomic mass is 9.77. The Labute approximate surface area is 108 Å². The Bertz CT molecular complexity index is 391. The quantitative estimate of drug-likeness (QED) is 0.668. The summed E-state index contributed by atoms with van der Waals surface area (Å²) in [5.41, 5.74) is 7.22. The fourth-order valence-electron chi connectivity index (χ4n) is 2.02. The van der Waals surface area contributed by atoms with E-state index in [2.05, 4.69) is 0 Å². The van der Waals surface area contributed by atoms with Gasteiger partial charge in [0.15, 0.2) is 0 Å². The van der Waals surface area contributed by atoms with Crippen molar-refractivity contribution in [2.45, 2.75) is 32.2 Å². The highest BCUT2D eigenvalue weighted by molar-refractivity contribution is 5.85. The molecule has 17 heavy (non-hydrogen) atoms. The predicted octanol–water partition coefficient (Wildman–Crippen LogP) is 2.83. The number of esters is 1. The van der Waals surface area contributed by atoms with Gasteiger partial charge in [-0.1, -0.05) is 18.6 Å². The lowest BCUT2D eigenvalue weighted by Crippen LogP contribution is -2.26. The summed E-state index contributed by atoms with van der Waals surface area (Å²) in [6.45, 7) is 1.40. The number of carbonyl (C=O) groups excluding carboxylic acids is 1. The van der Waals surface area contributed by atoms with Crippen molar-refractivity contribution in [2.24, 2.45) is 11.7 Å². The topological polar surface area (TPSA) is 52.3 Å². The third kappa shape index (κ3) is 3.45. The van der Waals surface area contributed by atoms with E-state index in [0.717, 1.165) is 5.56 Å². The maximum absolute atomic E-state index is 10.8. The van der Waals surface area contributed by atoms with Gasteiger partial charge in [-0.25, -0.2) is 0 Å². The monoisotopic (exact) mass is 255 g/mol. The molecule has 1 aromatic carbocycles. The van der Waals surface area contributed by atoms with E-state index in [1.807, 2.05) is 18.2 Å². The normalized spacial score (nSPS) is 16.6. The number of halogens is 1. The minimum Gasteiger partial charge on any atom is -0.427 e. The molecule has 0 amide bonds. The van der Waals surface area contributed by atoms with Crippen molar-refractivity contribution < 1.29 is 9.53 Å². The molecule has 0 bridgehead atoms. The molecule has 0 aromatic heterocycles. The highest BCUT2D eigenvalue weighted by Crippen LogP contribution is 2.36. The maximum Gasteiger partial charge on any atom is 0.308 e. The Morgan fingerprint density at radius 2 is 2.18 bits per heavy atom. The van der Waals surface area contributed by atoms with E-state index in [-0.39, 0.29) is 24.4 Å². The Morgan fingerprint density at radius 1 is 1.47 bits per heavy atom. The highest BCUT2D eigenvalue weighted by Gasteiger charge is 2.25. The molecule has 4 heteroatoms. The van der Waals surface area contributed by atoms with Crippen molar-refractivity contribution in [3.63, 3.8) is 0 Å². The lowest BCUT2D eigenvalue weighted by Gasteiger charge is -2.31. The van der Waals surface area contributed by atoms with Gasteiger partial charge in [-0.05, 0) is 36.5 Å². The fraction of sp³-hybridized carbons (Fsp3) is 0.462. The third-order valence-corrected chi connectivity index (χ3v) is 3.16. The molecule has 0 radical (unpaired) electrons. The van der Waals surface area contributed by atoms with Gasteiger partial charge in [-0.15, -0.1) is 12.4 Å². The van der Waals surface area contributed by atoms with Crippen molar-refractivity contribution in [1.82, 2.24) is 0 Å². The number of nitrogens with two attached hydrogens (primary N) is 1. The largest absolute Gasteiger partial charge is 0.427 e. The minimum atomic E-state index is -0.297. The van der Waals surface area contributed by atoms with Gasteiger partial charge in [0.25, 0.3) is 0 Å². The Kier molecular flexibility index (Phi) is 4.97. The molecule has 0 aliphatic heterocycles. The second kappa shape index (κ2) is 6.03. The zero-order valence-corrected chi connectivity index (χ0v) is 10.7. The first kappa shape index (κ1) is 14.0. The van der Waals surface area contributed by atoms with E-state index in [9.17, 15) is 4.79 Å². The number of hydrogen-bond acceptors (Lipinski definition) is 3. The second-order valence-electron chi connectivity index (χ2n) is 4.38. The summed E-state index contributed by atoms with van der Waals surface area (Å²) in [6.07, 6.45) is 3.69. The molecule has 94 valence electrons. The molecule has 0 saturated heterocycles. The Balaban J connectivity index is 0.00000144. The summed E-state index contributed by atoms with van der Waals surface area (Å²) in [6, 6.07) is 7.59. The Morgan fingerprint density at radius 3 is 2.71 bits per heavy atom. The van der Waals surface area contributed by atoms with Gasteiger partial charge in [0, 0.05) is 13.0 Å². The van der Waals surface area contributed by atoms with Gasteiger partial charge in [-0.3, -0.25) is 4.79 Å². The molecule has 1 saturated carbocycles. The van der Waals surface area contributed by atoms with E-state index >= 15 is 0 Å². The first-order valence-electron chi connectivity index (χ1n) is 5.71. The number of hydrogen-bond donors (Lipinski definition) is 1. The zero-order valence-electron chi connectivity index (χ0n) is 9.89. The van der Waals surface area contributed by atoms with Crippen molar-refractivity contribution in [3.05, 3.63) is 29.8 Å². The molecular weight excluding hydrogens is 238 g/mol. The van der Waals surface area contributed by atoms with Crippen molar-refractivity contribution in [1.29, 1.82) is 0 Å². The van der Waals surface area contributed by atoms with Gasteiger partial charge < -0.3 is 10.5 Å². The van der Waals surface area contributed by atoms with Crippen LogP contribution in [0.3, 0.4) is 0 Å². The first-order chi connectivity index (χ1) is 7.66. The number of ether oxygens (including phenoxy) is 1. The summed E-state index contributed by atoms with van der Waals surface area (Å²) in [5, 5.41) is 0.